The van der Waals surface area contributed by atoms with Gasteiger partial charge in [-0.15, -0.1) is 0 Å². The molecule has 2 fully saturated rings. The highest BCUT2D eigenvalue weighted by Crippen LogP contribution is 2.47. The van der Waals surface area contributed by atoms with Gasteiger partial charge in [-0.2, -0.15) is 5.26 Å². The second-order valence-corrected chi connectivity index (χ2v) is 7.82. The Labute approximate surface area is 160 Å². The highest BCUT2D eigenvalue weighted by atomic mass is 16.1. The van der Waals surface area contributed by atoms with E-state index in [-0.39, 0.29) is 17.2 Å². The molecule has 0 aromatic heterocycles. The first kappa shape index (κ1) is 17.8. The molecule has 1 aliphatic carbocycles. The van der Waals surface area contributed by atoms with Gasteiger partial charge < -0.3 is 5.32 Å². The van der Waals surface area contributed by atoms with Gasteiger partial charge in [0.1, 0.15) is 0 Å². The first-order chi connectivity index (χ1) is 13.2. The molecule has 1 heterocycles. The zero-order valence-electron chi connectivity index (χ0n) is 15.5. The van der Waals surface area contributed by atoms with Crippen LogP contribution in [0.25, 0.3) is 0 Å². The van der Waals surface area contributed by atoms with Crippen molar-refractivity contribution in [3.05, 3.63) is 65.7 Å². The molecule has 27 heavy (non-hydrogen) atoms. The summed E-state index contributed by atoms with van der Waals surface area (Å²) in [5.74, 6) is 0.123. The van der Waals surface area contributed by atoms with Crippen molar-refractivity contribution in [1.29, 1.82) is 5.26 Å². The Bertz CT molecular complexity index is 834. The van der Waals surface area contributed by atoms with E-state index < -0.39 is 0 Å². The molecular formula is C23H25N3O. The third kappa shape index (κ3) is 4.04. The standard InChI is InChI=1S/C23H25N3O/c24-17-23(12-13-23)20-8-10-21(11-9-20)25-22(27)19-7-4-14-26(16-19)15-18-5-2-1-3-6-18/h1-3,5-6,8-11,19H,4,7,12-16H2,(H,25,27)/t19-/m0/s1. The molecule has 1 N–H and O–H groups in total. The molecule has 1 aliphatic heterocycles. The summed E-state index contributed by atoms with van der Waals surface area (Å²) < 4.78 is 0. The van der Waals surface area contributed by atoms with E-state index in [0.29, 0.717) is 0 Å². The third-order valence-electron chi connectivity index (χ3n) is 5.79. The van der Waals surface area contributed by atoms with Crippen molar-refractivity contribution in [2.75, 3.05) is 18.4 Å². The van der Waals surface area contributed by atoms with E-state index in [0.717, 1.165) is 56.6 Å². The van der Waals surface area contributed by atoms with E-state index in [4.69, 9.17) is 0 Å². The Kier molecular flexibility index (Phi) is 4.96. The van der Waals surface area contributed by atoms with Gasteiger partial charge in [0.15, 0.2) is 0 Å². The van der Waals surface area contributed by atoms with Gasteiger partial charge in [0.05, 0.1) is 17.4 Å². The number of benzene rings is 2. The van der Waals surface area contributed by atoms with Gasteiger partial charge in [-0.1, -0.05) is 42.5 Å². The van der Waals surface area contributed by atoms with E-state index in [9.17, 15) is 10.1 Å². The molecule has 2 aliphatic rings. The number of amides is 1. The largest absolute Gasteiger partial charge is 0.326 e. The number of nitrogens with zero attached hydrogens (tertiary/aromatic N) is 2. The van der Waals surface area contributed by atoms with E-state index >= 15 is 0 Å². The number of piperidine rings is 1. The van der Waals surface area contributed by atoms with Crippen molar-refractivity contribution in [2.45, 2.75) is 37.6 Å². The molecule has 4 rings (SSSR count). The van der Waals surface area contributed by atoms with Crippen LogP contribution >= 0.6 is 0 Å². The molecule has 4 nitrogen and oxygen atoms in total. The Hall–Kier alpha value is -2.64. The molecule has 2 aromatic rings. The van der Waals surface area contributed by atoms with E-state index in [2.05, 4.69) is 40.6 Å². The number of anilines is 1. The summed E-state index contributed by atoms with van der Waals surface area (Å²) in [6, 6.07) is 20.7. The van der Waals surface area contributed by atoms with Crippen LogP contribution in [0.2, 0.25) is 0 Å². The minimum absolute atomic E-state index is 0.0241. The molecule has 138 valence electrons. The number of hydrogen-bond donors (Lipinski definition) is 1. The van der Waals surface area contributed by atoms with Gasteiger partial charge in [0.2, 0.25) is 5.91 Å². The molecule has 4 heteroatoms. The van der Waals surface area contributed by atoms with Crippen LogP contribution in [-0.4, -0.2) is 23.9 Å². The van der Waals surface area contributed by atoms with Crippen LogP contribution in [0, 0.1) is 17.2 Å². The zero-order chi connectivity index (χ0) is 18.7. The predicted octanol–water partition coefficient (Wildman–Crippen LogP) is 4.09. The average molecular weight is 359 g/mol. The maximum absolute atomic E-state index is 12.7. The molecule has 1 saturated carbocycles. The fraction of sp³-hybridized carbons (Fsp3) is 0.391. The fourth-order valence-corrected chi connectivity index (χ4v) is 3.96. The maximum Gasteiger partial charge on any atom is 0.228 e. The quantitative estimate of drug-likeness (QED) is 0.875. The summed E-state index contributed by atoms with van der Waals surface area (Å²) in [5, 5.41) is 12.4. The van der Waals surface area contributed by atoms with Crippen LogP contribution < -0.4 is 5.32 Å². The molecule has 1 amide bonds. The number of nitriles is 1. The third-order valence-corrected chi connectivity index (χ3v) is 5.79. The maximum atomic E-state index is 12.7. The summed E-state index contributed by atoms with van der Waals surface area (Å²) in [4.78, 5) is 15.1. The first-order valence-corrected chi connectivity index (χ1v) is 9.77. The minimum atomic E-state index is -0.274. The average Bonchev–Trinajstić information content (AvgIpc) is 3.51. The van der Waals surface area contributed by atoms with Crippen LogP contribution in [0.5, 0.6) is 0 Å². The van der Waals surface area contributed by atoms with E-state index in [1.54, 1.807) is 0 Å². The smallest absolute Gasteiger partial charge is 0.228 e. The molecule has 1 atom stereocenters. The van der Waals surface area contributed by atoms with Crippen LogP contribution in [0.3, 0.4) is 0 Å². The van der Waals surface area contributed by atoms with E-state index in [1.165, 1.54) is 5.56 Å². The van der Waals surface area contributed by atoms with Crippen LogP contribution in [-0.2, 0) is 16.8 Å². The molecular weight excluding hydrogens is 334 g/mol. The zero-order valence-corrected chi connectivity index (χ0v) is 15.5. The summed E-state index contributed by atoms with van der Waals surface area (Å²) in [6.45, 7) is 2.75. The lowest BCUT2D eigenvalue weighted by Crippen LogP contribution is -2.40. The van der Waals surface area contributed by atoms with Gasteiger partial charge in [0, 0.05) is 18.8 Å². The van der Waals surface area contributed by atoms with Gasteiger partial charge >= 0.3 is 0 Å². The molecule has 0 bridgehead atoms. The summed E-state index contributed by atoms with van der Waals surface area (Å²) >= 11 is 0. The van der Waals surface area contributed by atoms with Crippen molar-refractivity contribution >= 4 is 11.6 Å². The van der Waals surface area contributed by atoms with Gasteiger partial charge in [-0.3, -0.25) is 9.69 Å². The Morgan fingerprint density at radius 3 is 2.56 bits per heavy atom. The lowest BCUT2D eigenvalue weighted by molar-refractivity contribution is -0.121. The van der Waals surface area contributed by atoms with Crippen LogP contribution in [0.1, 0.15) is 36.8 Å². The number of likely N-dealkylation sites (tertiary alicyclic amines) is 1. The van der Waals surface area contributed by atoms with Gasteiger partial charge in [-0.05, 0) is 55.5 Å². The first-order valence-electron chi connectivity index (χ1n) is 9.77. The number of carbonyl (C=O) groups is 1. The normalized spacial score (nSPS) is 21.2. The Morgan fingerprint density at radius 1 is 1.15 bits per heavy atom. The number of hydrogen-bond acceptors (Lipinski definition) is 3. The summed E-state index contributed by atoms with van der Waals surface area (Å²) in [7, 11) is 0. The minimum Gasteiger partial charge on any atom is -0.326 e. The molecule has 0 radical (unpaired) electrons. The Morgan fingerprint density at radius 2 is 1.89 bits per heavy atom. The molecule has 0 spiro atoms. The second-order valence-electron chi connectivity index (χ2n) is 7.82. The second kappa shape index (κ2) is 7.54. The topological polar surface area (TPSA) is 56.1 Å². The lowest BCUT2D eigenvalue weighted by Gasteiger charge is -2.32. The summed E-state index contributed by atoms with van der Waals surface area (Å²) in [5.41, 5.74) is 2.90. The summed E-state index contributed by atoms with van der Waals surface area (Å²) in [6.07, 6.45) is 3.87. The van der Waals surface area contributed by atoms with Crippen molar-refractivity contribution in [3.63, 3.8) is 0 Å². The SMILES string of the molecule is N#CC1(c2ccc(NC(=O)[C@H]3CCCN(Cc4ccccc4)C3)cc2)CC1. The highest BCUT2D eigenvalue weighted by Gasteiger charge is 2.44. The molecule has 0 unspecified atom stereocenters. The van der Waals surface area contributed by atoms with Crippen molar-refractivity contribution in [1.82, 2.24) is 4.90 Å². The van der Waals surface area contributed by atoms with Crippen LogP contribution in [0.4, 0.5) is 5.69 Å². The van der Waals surface area contributed by atoms with Gasteiger partial charge in [0.25, 0.3) is 0 Å². The van der Waals surface area contributed by atoms with Crippen molar-refractivity contribution < 1.29 is 4.79 Å². The Balaban J connectivity index is 1.34. The molecule has 2 aromatic carbocycles. The number of nitrogens with one attached hydrogen (secondary N) is 1. The number of carbonyl (C=O) groups excluding carboxylic acids is 1. The van der Waals surface area contributed by atoms with Crippen molar-refractivity contribution in [3.8, 4) is 6.07 Å². The monoisotopic (exact) mass is 359 g/mol. The van der Waals surface area contributed by atoms with Gasteiger partial charge in [-0.25, -0.2) is 0 Å². The molecule has 1 saturated heterocycles. The van der Waals surface area contributed by atoms with Crippen LogP contribution in [0.15, 0.2) is 54.6 Å². The van der Waals surface area contributed by atoms with Crippen molar-refractivity contribution in [2.24, 2.45) is 5.92 Å². The predicted molar refractivity (Wildman–Crippen MR) is 106 cm³/mol. The lowest BCUT2D eigenvalue weighted by atomic mass is 9.96. The number of rotatable bonds is 5. The fourth-order valence-electron chi connectivity index (χ4n) is 3.96. The highest BCUT2D eigenvalue weighted by molar-refractivity contribution is 5.92. The van der Waals surface area contributed by atoms with E-state index in [1.807, 2.05) is 30.3 Å².